The number of aliphatic hydroxyl groups excluding tert-OH is 1. The molecule has 2 heterocycles. The minimum absolute atomic E-state index is 0.112. The molecule has 8 nitrogen and oxygen atoms in total. The van der Waals surface area contributed by atoms with Crippen LogP contribution in [0.4, 0.5) is 0 Å². The molecule has 4 atom stereocenters. The second-order valence-electron chi connectivity index (χ2n) is 8.87. The van der Waals surface area contributed by atoms with Crippen LogP contribution >= 0.6 is 0 Å². The summed E-state index contributed by atoms with van der Waals surface area (Å²) in [6, 6.07) is 7.30. The summed E-state index contributed by atoms with van der Waals surface area (Å²) in [5.41, 5.74) is -1.66. The number of hydrogen-bond donors (Lipinski definition) is 3. The summed E-state index contributed by atoms with van der Waals surface area (Å²) < 4.78 is 17.4. The van der Waals surface area contributed by atoms with Crippen molar-refractivity contribution in [1.82, 2.24) is 0 Å². The number of benzene rings is 2. The molecule has 2 fully saturated rings. The lowest BCUT2D eigenvalue weighted by molar-refractivity contribution is -0.238. The Hall–Kier alpha value is -2.78. The fourth-order valence-electron chi connectivity index (χ4n) is 4.75. The number of ketones is 2. The van der Waals surface area contributed by atoms with Gasteiger partial charge in [0.25, 0.3) is 0 Å². The molecule has 1 aliphatic carbocycles. The van der Waals surface area contributed by atoms with Crippen LogP contribution in [0.2, 0.25) is 0 Å². The van der Waals surface area contributed by atoms with Gasteiger partial charge in [0.1, 0.15) is 29.3 Å². The molecule has 2 aliphatic heterocycles. The Morgan fingerprint density at radius 3 is 2.19 bits per heavy atom. The third kappa shape index (κ3) is 2.83. The molecular formula is C23H22O8. The normalized spacial score (nSPS) is 29.4. The quantitative estimate of drug-likeness (QED) is 0.535. The van der Waals surface area contributed by atoms with Crippen molar-refractivity contribution in [2.45, 2.75) is 57.1 Å². The first-order valence-electron chi connectivity index (χ1n) is 10.0. The van der Waals surface area contributed by atoms with Gasteiger partial charge in [-0.05, 0) is 26.8 Å². The lowest BCUT2D eigenvalue weighted by Gasteiger charge is -2.33. The maximum Gasteiger partial charge on any atom is 0.198 e. The number of ether oxygens (including phenoxy) is 3. The third-order valence-corrected chi connectivity index (χ3v) is 6.18. The van der Waals surface area contributed by atoms with E-state index >= 15 is 0 Å². The minimum Gasteiger partial charge on any atom is -0.507 e. The van der Waals surface area contributed by atoms with Crippen LogP contribution in [0.1, 0.15) is 70.7 Å². The van der Waals surface area contributed by atoms with E-state index in [1.165, 1.54) is 12.1 Å². The number of carbonyl (C=O) groups excluding carboxylic acids is 2. The van der Waals surface area contributed by atoms with Crippen molar-refractivity contribution in [1.29, 1.82) is 0 Å². The zero-order valence-corrected chi connectivity index (χ0v) is 17.2. The molecule has 0 aromatic heterocycles. The molecule has 1 unspecified atom stereocenters. The number of rotatable bonds is 2. The highest BCUT2D eigenvalue weighted by molar-refractivity contribution is 6.30. The topological polar surface area (TPSA) is 123 Å². The Labute approximate surface area is 178 Å². The second kappa shape index (κ2) is 6.37. The van der Waals surface area contributed by atoms with Crippen LogP contribution in [0.25, 0.3) is 0 Å². The van der Waals surface area contributed by atoms with E-state index < -0.39 is 53.0 Å². The van der Waals surface area contributed by atoms with Crippen molar-refractivity contribution in [3.05, 3.63) is 58.1 Å². The highest BCUT2D eigenvalue weighted by Crippen LogP contribution is 2.50. The standard InChI is InChI=1S/C23H22O8/c1-22(2)29-14-9-23(3,31-21(14)30-22)20(28)12-8-13(24)15-16(19(12)27)18(26)11-7-5-4-6-10(11)17(15)25/h4-8,14,20-21,24,27-28H,9H2,1-3H3/t14-,20?,21+,23-/m1/s1. The van der Waals surface area contributed by atoms with E-state index in [1.54, 1.807) is 32.9 Å². The summed E-state index contributed by atoms with van der Waals surface area (Å²) in [7, 11) is 0. The summed E-state index contributed by atoms with van der Waals surface area (Å²) in [6.45, 7) is 5.15. The van der Waals surface area contributed by atoms with Gasteiger partial charge in [-0.25, -0.2) is 0 Å². The molecule has 3 aliphatic rings. The Kier molecular flexibility index (Phi) is 4.14. The molecule has 0 saturated carbocycles. The van der Waals surface area contributed by atoms with E-state index in [1.807, 2.05) is 0 Å². The average Bonchev–Trinajstić information content (AvgIpc) is 3.16. The zero-order valence-electron chi connectivity index (χ0n) is 17.2. The van der Waals surface area contributed by atoms with E-state index in [2.05, 4.69) is 0 Å². The average molecular weight is 426 g/mol. The SMILES string of the molecule is CC1(C)O[C@H]2O[C@@](C)(C(O)c3cc(O)c4c(c3O)C(=O)c3ccccc3C4=O)C[C@H]2O1. The van der Waals surface area contributed by atoms with Gasteiger partial charge in [-0.2, -0.15) is 0 Å². The smallest absolute Gasteiger partial charge is 0.198 e. The van der Waals surface area contributed by atoms with Crippen molar-refractivity contribution >= 4 is 11.6 Å². The van der Waals surface area contributed by atoms with Gasteiger partial charge in [0.2, 0.25) is 0 Å². The number of hydrogen-bond acceptors (Lipinski definition) is 8. The van der Waals surface area contributed by atoms with Crippen LogP contribution < -0.4 is 0 Å². The fourth-order valence-corrected chi connectivity index (χ4v) is 4.75. The van der Waals surface area contributed by atoms with Crippen LogP contribution in [0.15, 0.2) is 30.3 Å². The summed E-state index contributed by atoms with van der Waals surface area (Å²) in [5.74, 6) is -3.04. The molecule has 5 rings (SSSR count). The van der Waals surface area contributed by atoms with Gasteiger partial charge in [0.15, 0.2) is 23.6 Å². The maximum absolute atomic E-state index is 13.1. The van der Waals surface area contributed by atoms with E-state index in [0.717, 1.165) is 6.07 Å². The number of phenolic OH excluding ortho intramolecular Hbond substituents is 2. The van der Waals surface area contributed by atoms with Gasteiger partial charge in [0, 0.05) is 23.1 Å². The fraction of sp³-hybridized carbons (Fsp3) is 0.391. The number of fused-ring (bicyclic) bond motifs is 3. The molecule has 162 valence electrons. The molecule has 3 N–H and O–H groups in total. The van der Waals surface area contributed by atoms with E-state index in [0.29, 0.717) is 0 Å². The van der Waals surface area contributed by atoms with Gasteiger partial charge in [-0.15, -0.1) is 0 Å². The molecule has 2 saturated heterocycles. The predicted molar refractivity (Wildman–Crippen MR) is 106 cm³/mol. The molecule has 31 heavy (non-hydrogen) atoms. The van der Waals surface area contributed by atoms with Crippen LogP contribution in [-0.2, 0) is 14.2 Å². The predicted octanol–water partition coefficient (Wildman–Crippen LogP) is 2.56. The van der Waals surface area contributed by atoms with Gasteiger partial charge in [0.05, 0.1) is 11.1 Å². The first kappa shape index (κ1) is 20.1. The van der Waals surface area contributed by atoms with Crippen molar-refractivity contribution in [3.8, 4) is 11.5 Å². The second-order valence-corrected chi connectivity index (χ2v) is 8.87. The van der Waals surface area contributed by atoms with Crippen LogP contribution in [0.3, 0.4) is 0 Å². The Morgan fingerprint density at radius 2 is 1.58 bits per heavy atom. The zero-order chi connectivity index (χ0) is 22.3. The Bertz CT molecular complexity index is 1120. The van der Waals surface area contributed by atoms with Gasteiger partial charge < -0.3 is 29.5 Å². The first-order chi connectivity index (χ1) is 14.5. The van der Waals surface area contributed by atoms with E-state index in [9.17, 15) is 24.9 Å². The van der Waals surface area contributed by atoms with Crippen molar-refractivity contribution in [2.75, 3.05) is 0 Å². The first-order valence-corrected chi connectivity index (χ1v) is 10.0. The van der Waals surface area contributed by atoms with Crippen molar-refractivity contribution in [2.24, 2.45) is 0 Å². The maximum atomic E-state index is 13.1. The molecule has 0 bridgehead atoms. The van der Waals surface area contributed by atoms with Crippen molar-refractivity contribution < 1.29 is 39.1 Å². The molecule has 0 radical (unpaired) electrons. The van der Waals surface area contributed by atoms with Crippen molar-refractivity contribution in [3.63, 3.8) is 0 Å². The minimum atomic E-state index is -1.43. The number of aromatic hydroxyl groups is 2. The molecule has 2 aromatic carbocycles. The molecule has 2 aromatic rings. The van der Waals surface area contributed by atoms with Gasteiger partial charge >= 0.3 is 0 Å². The highest BCUT2D eigenvalue weighted by atomic mass is 16.8. The molecule has 8 heteroatoms. The van der Waals surface area contributed by atoms with E-state index in [-0.39, 0.29) is 34.2 Å². The van der Waals surface area contributed by atoms with E-state index in [4.69, 9.17) is 14.2 Å². The van der Waals surface area contributed by atoms with Crippen LogP contribution in [-0.4, -0.2) is 50.7 Å². The summed E-state index contributed by atoms with van der Waals surface area (Å²) in [5, 5.41) is 32.7. The number of aliphatic hydroxyl groups is 1. The highest BCUT2D eigenvalue weighted by Gasteiger charge is 2.56. The summed E-state index contributed by atoms with van der Waals surface area (Å²) in [4.78, 5) is 25.9. The Morgan fingerprint density at radius 1 is 0.968 bits per heavy atom. The monoisotopic (exact) mass is 426 g/mol. The van der Waals surface area contributed by atoms with Gasteiger partial charge in [-0.3, -0.25) is 9.59 Å². The molecular weight excluding hydrogens is 404 g/mol. The summed E-state index contributed by atoms with van der Waals surface area (Å²) in [6.07, 6.45) is -2.28. The molecule has 0 spiro atoms. The number of carbonyl (C=O) groups is 2. The lowest BCUT2D eigenvalue weighted by atomic mass is 9.80. The summed E-state index contributed by atoms with van der Waals surface area (Å²) >= 11 is 0. The molecule has 0 amide bonds. The van der Waals surface area contributed by atoms with Crippen LogP contribution in [0.5, 0.6) is 11.5 Å². The largest absolute Gasteiger partial charge is 0.507 e. The van der Waals surface area contributed by atoms with Gasteiger partial charge in [-0.1, -0.05) is 24.3 Å². The lowest BCUT2D eigenvalue weighted by Crippen LogP contribution is -2.36. The Balaban J connectivity index is 1.56. The third-order valence-electron chi connectivity index (χ3n) is 6.18. The number of phenols is 2. The van der Waals surface area contributed by atoms with Crippen LogP contribution in [0, 0.1) is 0 Å².